The molecule has 0 saturated carbocycles. The van der Waals surface area contributed by atoms with Crippen LogP contribution in [0.1, 0.15) is 11.1 Å². The number of benzene rings is 1. The summed E-state index contributed by atoms with van der Waals surface area (Å²) in [7, 11) is 0. The van der Waals surface area contributed by atoms with Gasteiger partial charge in [-0.15, -0.1) is 6.42 Å². The first-order chi connectivity index (χ1) is 8.16. The van der Waals surface area contributed by atoms with Gasteiger partial charge in [0.25, 0.3) is 0 Å². The third-order valence-electron chi connectivity index (χ3n) is 1.93. The smallest absolute Gasteiger partial charge is 0.419 e. The first-order valence-corrected chi connectivity index (χ1v) is 4.51. The zero-order valence-electron chi connectivity index (χ0n) is 8.69. The van der Waals surface area contributed by atoms with Crippen LogP contribution in [0.3, 0.4) is 0 Å². The molecule has 0 radical (unpaired) electrons. The monoisotopic (exact) mass is 268 g/mol. The summed E-state index contributed by atoms with van der Waals surface area (Å²) >= 11 is 0. The van der Waals surface area contributed by atoms with E-state index in [4.69, 9.17) is 6.42 Å². The number of rotatable bonds is 2. The third kappa shape index (κ3) is 3.32. The molecule has 0 aliphatic carbocycles. The van der Waals surface area contributed by atoms with Crippen LogP contribution in [0.15, 0.2) is 18.2 Å². The highest BCUT2D eigenvalue weighted by Crippen LogP contribution is 2.39. The zero-order chi connectivity index (χ0) is 14.0. The first-order valence-electron chi connectivity index (χ1n) is 4.51. The van der Waals surface area contributed by atoms with Crippen molar-refractivity contribution in [2.75, 3.05) is 6.61 Å². The predicted octanol–water partition coefficient (Wildman–Crippen LogP) is 3.74. The van der Waals surface area contributed by atoms with E-state index in [2.05, 4.69) is 4.74 Å². The molecule has 0 bridgehead atoms. The molecule has 0 aromatic heterocycles. The fraction of sp³-hybridized carbons (Fsp3) is 0.273. The van der Waals surface area contributed by atoms with Crippen LogP contribution in [0.4, 0.5) is 26.3 Å². The maximum atomic E-state index is 12.5. The number of terminal acetylenes is 1. The van der Waals surface area contributed by atoms with Crippen molar-refractivity contribution in [2.45, 2.75) is 12.4 Å². The van der Waals surface area contributed by atoms with E-state index in [9.17, 15) is 26.3 Å². The molecular weight excluding hydrogens is 262 g/mol. The highest BCUT2D eigenvalue weighted by Gasteiger charge is 2.37. The standard InChI is InChI=1S/C11H6F6O/c1-2-5-18-9-6-7(10(12,13)14)3-4-8(9)11(15,16)17/h1,3-4,6H,5H2. The Hall–Kier alpha value is -1.84. The van der Waals surface area contributed by atoms with Crippen molar-refractivity contribution in [3.8, 4) is 18.1 Å². The Morgan fingerprint density at radius 3 is 2.11 bits per heavy atom. The molecule has 0 unspecified atom stereocenters. The van der Waals surface area contributed by atoms with Crippen molar-refractivity contribution < 1.29 is 31.1 Å². The quantitative estimate of drug-likeness (QED) is 0.586. The van der Waals surface area contributed by atoms with Crippen LogP contribution < -0.4 is 4.74 Å². The van der Waals surface area contributed by atoms with Gasteiger partial charge in [0, 0.05) is 0 Å². The van der Waals surface area contributed by atoms with E-state index in [1.807, 2.05) is 5.92 Å². The molecular formula is C11H6F6O. The van der Waals surface area contributed by atoms with E-state index in [1.54, 1.807) is 0 Å². The molecule has 1 nitrogen and oxygen atoms in total. The number of alkyl halides is 6. The summed E-state index contributed by atoms with van der Waals surface area (Å²) < 4.78 is 79.0. The summed E-state index contributed by atoms with van der Waals surface area (Å²) in [5, 5.41) is 0. The lowest BCUT2D eigenvalue weighted by Gasteiger charge is -2.15. The molecule has 0 atom stereocenters. The van der Waals surface area contributed by atoms with E-state index < -0.39 is 35.8 Å². The Kier molecular flexibility index (Phi) is 3.79. The van der Waals surface area contributed by atoms with Crippen LogP contribution in [0.25, 0.3) is 0 Å². The van der Waals surface area contributed by atoms with Crippen LogP contribution >= 0.6 is 0 Å². The summed E-state index contributed by atoms with van der Waals surface area (Å²) in [5.41, 5.74) is -2.53. The van der Waals surface area contributed by atoms with E-state index >= 15 is 0 Å². The first kappa shape index (κ1) is 14.2. The molecule has 0 spiro atoms. The Labute approximate surface area is 98.4 Å². The highest BCUT2D eigenvalue weighted by atomic mass is 19.4. The van der Waals surface area contributed by atoms with Gasteiger partial charge in [0.15, 0.2) is 0 Å². The van der Waals surface area contributed by atoms with E-state index in [1.165, 1.54) is 0 Å². The maximum Gasteiger partial charge on any atom is 0.419 e. The highest BCUT2D eigenvalue weighted by molar-refractivity contribution is 5.40. The Morgan fingerprint density at radius 1 is 1.06 bits per heavy atom. The minimum Gasteiger partial charge on any atom is -0.480 e. The minimum atomic E-state index is -4.81. The van der Waals surface area contributed by atoms with Crippen molar-refractivity contribution in [2.24, 2.45) is 0 Å². The molecule has 7 heteroatoms. The second-order valence-corrected chi connectivity index (χ2v) is 3.20. The second kappa shape index (κ2) is 4.80. The molecule has 0 fully saturated rings. The Bertz CT molecular complexity index is 466. The Morgan fingerprint density at radius 2 is 1.67 bits per heavy atom. The molecule has 0 saturated heterocycles. The lowest BCUT2D eigenvalue weighted by molar-refractivity contribution is -0.142. The predicted molar refractivity (Wildman–Crippen MR) is 50.8 cm³/mol. The largest absolute Gasteiger partial charge is 0.480 e. The van der Waals surface area contributed by atoms with Gasteiger partial charge in [-0.25, -0.2) is 0 Å². The van der Waals surface area contributed by atoms with Gasteiger partial charge in [-0.1, -0.05) is 5.92 Å². The van der Waals surface area contributed by atoms with Crippen LogP contribution in [-0.2, 0) is 12.4 Å². The summed E-state index contributed by atoms with van der Waals surface area (Å²) in [6.07, 6.45) is -4.78. The lowest BCUT2D eigenvalue weighted by Crippen LogP contribution is -2.12. The number of hydrogen-bond donors (Lipinski definition) is 0. The van der Waals surface area contributed by atoms with E-state index in [0.717, 1.165) is 0 Å². The van der Waals surface area contributed by atoms with Crippen molar-refractivity contribution in [1.82, 2.24) is 0 Å². The molecule has 1 aromatic rings. The molecule has 0 N–H and O–H groups in total. The third-order valence-corrected chi connectivity index (χ3v) is 1.93. The van der Waals surface area contributed by atoms with Gasteiger partial charge < -0.3 is 4.74 Å². The fourth-order valence-electron chi connectivity index (χ4n) is 1.17. The molecule has 1 aromatic carbocycles. The van der Waals surface area contributed by atoms with Crippen LogP contribution in [0, 0.1) is 12.3 Å². The average Bonchev–Trinajstić information content (AvgIpc) is 2.23. The van der Waals surface area contributed by atoms with Gasteiger partial charge in [-0.3, -0.25) is 0 Å². The maximum absolute atomic E-state index is 12.5. The minimum absolute atomic E-state index is 0.278. The topological polar surface area (TPSA) is 9.23 Å². The van der Waals surface area contributed by atoms with Crippen molar-refractivity contribution in [3.63, 3.8) is 0 Å². The van der Waals surface area contributed by atoms with Gasteiger partial charge in [-0.2, -0.15) is 26.3 Å². The summed E-state index contributed by atoms with van der Waals surface area (Å²) in [6, 6.07) is 0.931. The van der Waals surface area contributed by atoms with Crippen LogP contribution in [-0.4, -0.2) is 6.61 Å². The molecule has 0 aliphatic rings. The van der Waals surface area contributed by atoms with Gasteiger partial charge in [-0.05, 0) is 18.2 Å². The summed E-state index contributed by atoms with van der Waals surface area (Å²) in [6.45, 7) is -0.551. The van der Waals surface area contributed by atoms with Gasteiger partial charge in [0.1, 0.15) is 12.4 Å². The zero-order valence-corrected chi connectivity index (χ0v) is 8.69. The lowest BCUT2D eigenvalue weighted by atomic mass is 10.1. The van der Waals surface area contributed by atoms with Crippen molar-refractivity contribution in [3.05, 3.63) is 29.3 Å². The SMILES string of the molecule is C#CCOc1cc(C(F)(F)F)ccc1C(F)(F)F. The molecule has 1 rings (SSSR count). The van der Waals surface area contributed by atoms with E-state index in [-0.39, 0.29) is 6.07 Å². The van der Waals surface area contributed by atoms with Crippen LogP contribution in [0.5, 0.6) is 5.75 Å². The van der Waals surface area contributed by atoms with Crippen molar-refractivity contribution in [1.29, 1.82) is 0 Å². The number of hydrogen-bond acceptors (Lipinski definition) is 1. The van der Waals surface area contributed by atoms with Gasteiger partial charge in [0.05, 0.1) is 11.1 Å². The Balaban J connectivity index is 3.26. The van der Waals surface area contributed by atoms with Crippen LogP contribution in [0.2, 0.25) is 0 Å². The molecule has 0 heterocycles. The molecule has 0 aliphatic heterocycles. The molecule has 0 amide bonds. The van der Waals surface area contributed by atoms with Gasteiger partial charge in [0.2, 0.25) is 0 Å². The number of ether oxygens (including phenoxy) is 1. The second-order valence-electron chi connectivity index (χ2n) is 3.20. The fourth-order valence-corrected chi connectivity index (χ4v) is 1.17. The summed E-state index contributed by atoms with van der Waals surface area (Å²) in [5.74, 6) is 0.947. The average molecular weight is 268 g/mol. The number of halogens is 6. The summed E-state index contributed by atoms with van der Waals surface area (Å²) in [4.78, 5) is 0. The molecule has 18 heavy (non-hydrogen) atoms. The van der Waals surface area contributed by atoms with Crippen molar-refractivity contribution >= 4 is 0 Å². The normalized spacial score (nSPS) is 12.1. The molecule has 98 valence electrons. The van der Waals surface area contributed by atoms with E-state index in [0.29, 0.717) is 12.1 Å². The van der Waals surface area contributed by atoms with Gasteiger partial charge >= 0.3 is 12.4 Å².